The zero-order chi connectivity index (χ0) is 16.5. The highest BCUT2D eigenvalue weighted by Gasteiger charge is 2.37. The molecule has 0 amide bonds. The topological polar surface area (TPSA) is 54.4 Å². The Kier molecular flexibility index (Phi) is 5.00. The summed E-state index contributed by atoms with van der Waals surface area (Å²) < 4.78 is 26.6. The van der Waals surface area contributed by atoms with Gasteiger partial charge in [-0.3, -0.25) is 9.59 Å². The summed E-state index contributed by atoms with van der Waals surface area (Å²) in [6.07, 6.45) is -0.747. The molecule has 6 heteroatoms. The van der Waals surface area contributed by atoms with Gasteiger partial charge >= 0.3 is 0 Å². The summed E-state index contributed by atoms with van der Waals surface area (Å²) in [4.78, 5) is 24.3. The number of rotatable bonds is 4. The van der Waals surface area contributed by atoms with Gasteiger partial charge in [-0.05, 0) is 53.4 Å². The molecule has 1 aliphatic carbocycles. The Balaban J connectivity index is 2.05. The summed E-state index contributed by atoms with van der Waals surface area (Å²) in [7, 11) is 0. The summed E-state index contributed by atoms with van der Waals surface area (Å²) in [6, 6.07) is 3.18. The van der Waals surface area contributed by atoms with E-state index in [9.17, 15) is 23.5 Å². The molecule has 3 nitrogen and oxygen atoms in total. The van der Waals surface area contributed by atoms with E-state index in [1.807, 2.05) is 0 Å². The number of alkyl halides is 2. The van der Waals surface area contributed by atoms with Crippen molar-refractivity contribution in [3.63, 3.8) is 0 Å². The van der Waals surface area contributed by atoms with Crippen molar-refractivity contribution in [1.29, 1.82) is 0 Å². The number of benzene rings is 1. The fourth-order valence-corrected chi connectivity index (χ4v) is 3.28. The molecule has 1 N–H and O–H groups in total. The molecule has 0 bridgehead atoms. The Hall–Kier alpha value is -1.30. The van der Waals surface area contributed by atoms with Crippen LogP contribution in [0, 0.1) is 12.8 Å². The van der Waals surface area contributed by atoms with Crippen molar-refractivity contribution in [2.24, 2.45) is 5.92 Å². The molecule has 120 valence electrons. The van der Waals surface area contributed by atoms with Crippen LogP contribution in [-0.4, -0.2) is 22.6 Å². The van der Waals surface area contributed by atoms with Gasteiger partial charge in [-0.2, -0.15) is 0 Å². The van der Waals surface area contributed by atoms with Gasteiger partial charge in [0.15, 0.2) is 5.78 Å². The van der Waals surface area contributed by atoms with Crippen molar-refractivity contribution in [1.82, 2.24) is 0 Å². The Morgan fingerprint density at radius 2 is 1.91 bits per heavy atom. The molecule has 0 unspecified atom stereocenters. The number of phenols is 1. The number of aryl methyl sites for hydroxylation is 1. The smallest absolute Gasteiger partial charge is 0.248 e. The Bertz CT molecular complexity index is 604. The van der Waals surface area contributed by atoms with Crippen LogP contribution in [0.5, 0.6) is 5.75 Å². The van der Waals surface area contributed by atoms with Crippen molar-refractivity contribution in [2.45, 2.75) is 45.0 Å². The third kappa shape index (κ3) is 3.91. The lowest BCUT2D eigenvalue weighted by molar-refractivity contribution is -0.126. The zero-order valence-electron chi connectivity index (χ0n) is 12.2. The van der Waals surface area contributed by atoms with Gasteiger partial charge in [0.05, 0.1) is 16.5 Å². The normalized spacial score (nSPS) is 18.2. The fourth-order valence-electron chi connectivity index (χ4n) is 2.71. The van der Waals surface area contributed by atoms with E-state index in [4.69, 9.17) is 0 Å². The number of ketones is 2. The van der Waals surface area contributed by atoms with Crippen LogP contribution >= 0.6 is 15.9 Å². The first-order valence-corrected chi connectivity index (χ1v) is 7.92. The maximum Gasteiger partial charge on any atom is 0.248 e. The van der Waals surface area contributed by atoms with Crippen molar-refractivity contribution < 1.29 is 23.5 Å². The van der Waals surface area contributed by atoms with Crippen LogP contribution in [0.25, 0.3) is 0 Å². The minimum absolute atomic E-state index is 0.0846. The van der Waals surface area contributed by atoms with Gasteiger partial charge in [-0.1, -0.05) is 0 Å². The van der Waals surface area contributed by atoms with Gasteiger partial charge in [0.1, 0.15) is 11.5 Å². The van der Waals surface area contributed by atoms with Crippen LogP contribution < -0.4 is 0 Å². The molecular weight excluding hydrogens is 358 g/mol. The molecule has 1 aromatic rings. The molecule has 0 saturated heterocycles. The Morgan fingerprint density at radius 1 is 1.32 bits per heavy atom. The van der Waals surface area contributed by atoms with E-state index in [1.165, 1.54) is 6.07 Å². The van der Waals surface area contributed by atoms with Crippen LogP contribution in [0.4, 0.5) is 8.78 Å². The lowest BCUT2D eigenvalue weighted by Gasteiger charge is -2.27. The first-order valence-electron chi connectivity index (χ1n) is 7.12. The molecular formula is C16H17BrF2O3. The summed E-state index contributed by atoms with van der Waals surface area (Å²) in [5, 5.41) is 9.91. The molecule has 0 atom stereocenters. The van der Waals surface area contributed by atoms with Crippen LogP contribution in [0.3, 0.4) is 0 Å². The van der Waals surface area contributed by atoms with Crippen molar-refractivity contribution in [3.05, 3.63) is 27.7 Å². The van der Waals surface area contributed by atoms with Gasteiger partial charge in [0, 0.05) is 18.8 Å². The van der Waals surface area contributed by atoms with E-state index in [2.05, 4.69) is 15.9 Å². The highest BCUT2D eigenvalue weighted by Crippen LogP contribution is 2.37. The van der Waals surface area contributed by atoms with Gasteiger partial charge in [-0.25, -0.2) is 8.78 Å². The number of phenolic OH excluding ortho intramolecular Hbond substituents is 1. The Labute approximate surface area is 135 Å². The van der Waals surface area contributed by atoms with Gasteiger partial charge in [-0.15, -0.1) is 0 Å². The van der Waals surface area contributed by atoms with E-state index >= 15 is 0 Å². The lowest BCUT2D eigenvalue weighted by Crippen LogP contribution is -2.29. The molecule has 1 fully saturated rings. The summed E-state index contributed by atoms with van der Waals surface area (Å²) in [5.74, 6) is -4.18. The van der Waals surface area contributed by atoms with Crippen molar-refractivity contribution >= 4 is 27.5 Å². The van der Waals surface area contributed by atoms with Gasteiger partial charge < -0.3 is 5.11 Å². The fraction of sp³-hybridized carbons (Fsp3) is 0.500. The zero-order valence-corrected chi connectivity index (χ0v) is 13.8. The molecule has 0 aliphatic heterocycles. The standard InChI is InChI=1S/C16H17BrF2O3/c1-9-6-11(15(22)12(17)7-9)14(21)8-13(20)10-2-4-16(18,19)5-3-10/h6-7,10,22H,2-5,8H2,1H3. The predicted octanol–water partition coefficient (Wildman–Crippen LogP) is 4.43. The van der Waals surface area contributed by atoms with E-state index in [0.29, 0.717) is 4.47 Å². The lowest BCUT2D eigenvalue weighted by atomic mass is 9.82. The number of hydrogen-bond donors (Lipinski definition) is 1. The quantitative estimate of drug-likeness (QED) is 0.626. The second kappa shape index (κ2) is 6.44. The van der Waals surface area contributed by atoms with E-state index < -0.39 is 17.6 Å². The predicted molar refractivity (Wildman–Crippen MR) is 81.4 cm³/mol. The molecule has 0 heterocycles. The molecule has 0 spiro atoms. The number of hydrogen-bond acceptors (Lipinski definition) is 3. The summed E-state index contributed by atoms with van der Waals surface area (Å²) in [6.45, 7) is 1.77. The molecule has 2 rings (SSSR count). The van der Waals surface area contributed by atoms with E-state index in [-0.39, 0.29) is 49.2 Å². The monoisotopic (exact) mass is 374 g/mol. The van der Waals surface area contributed by atoms with Gasteiger partial charge in [0.25, 0.3) is 0 Å². The number of carbonyl (C=O) groups excluding carboxylic acids is 2. The summed E-state index contributed by atoms with van der Waals surface area (Å²) >= 11 is 3.15. The molecule has 1 saturated carbocycles. The summed E-state index contributed by atoms with van der Waals surface area (Å²) in [5.41, 5.74) is 0.860. The van der Waals surface area contributed by atoms with E-state index in [0.717, 1.165) is 5.56 Å². The third-order valence-corrected chi connectivity index (χ3v) is 4.62. The number of halogens is 3. The van der Waals surface area contributed by atoms with Crippen LogP contribution in [-0.2, 0) is 4.79 Å². The number of aromatic hydroxyl groups is 1. The first-order chi connectivity index (χ1) is 10.2. The van der Waals surface area contributed by atoms with Gasteiger partial charge in [0.2, 0.25) is 5.92 Å². The second-order valence-corrected chi connectivity index (χ2v) is 6.69. The van der Waals surface area contributed by atoms with Crippen molar-refractivity contribution in [2.75, 3.05) is 0 Å². The largest absolute Gasteiger partial charge is 0.506 e. The highest BCUT2D eigenvalue weighted by atomic mass is 79.9. The van der Waals surface area contributed by atoms with Crippen LogP contribution in [0.2, 0.25) is 0 Å². The molecule has 1 aromatic carbocycles. The maximum atomic E-state index is 13.1. The van der Waals surface area contributed by atoms with E-state index in [1.54, 1.807) is 13.0 Å². The molecule has 0 aromatic heterocycles. The Morgan fingerprint density at radius 3 is 2.50 bits per heavy atom. The second-order valence-electron chi connectivity index (χ2n) is 5.84. The first kappa shape index (κ1) is 17.1. The molecule has 0 radical (unpaired) electrons. The minimum atomic E-state index is -2.69. The van der Waals surface area contributed by atoms with Crippen LogP contribution in [0.1, 0.15) is 48.0 Å². The highest BCUT2D eigenvalue weighted by molar-refractivity contribution is 9.10. The molecule has 22 heavy (non-hydrogen) atoms. The maximum absolute atomic E-state index is 13.1. The number of Topliss-reactive ketones (excluding diaryl/α,β-unsaturated/α-hetero) is 2. The van der Waals surface area contributed by atoms with Crippen molar-refractivity contribution in [3.8, 4) is 5.75 Å². The average molecular weight is 375 g/mol. The number of carbonyl (C=O) groups is 2. The third-order valence-electron chi connectivity index (χ3n) is 4.02. The SMILES string of the molecule is Cc1cc(Br)c(O)c(C(=O)CC(=O)C2CCC(F)(F)CC2)c1. The van der Waals surface area contributed by atoms with Crippen LogP contribution in [0.15, 0.2) is 16.6 Å². The average Bonchev–Trinajstić information content (AvgIpc) is 2.42. The molecule has 1 aliphatic rings. The minimum Gasteiger partial charge on any atom is -0.506 e.